The molecule has 0 spiro atoms. The molecule has 0 bridgehead atoms. The van der Waals surface area contributed by atoms with Crippen molar-refractivity contribution < 1.29 is 0 Å². The molecule has 2 aliphatic rings. The molecule has 1 aromatic carbocycles. The highest BCUT2D eigenvalue weighted by Crippen LogP contribution is 2.25. The van der Waals surface area contributed by atoms with Crippen LogP contribution in [0.4, 0.5) is 0 Å². The molecule has 1 atom stereocenters. The van der Waals surface area contributed by atoms with Gasteiger partial charge in [0.05, 0.1) is 22.4 Å². The van der Waals surface area contributed by atoms with Gasteiger partial charge in [0.25, 0.3) is 0 Å². The highest BCUT2D eigenvalue weighted by atomic mass is 15.3. The second-order valence-corrected chi connectivity index (χ2v) is 7.54. The van der Waals surface area contributed by atoms with E-state index in [2.05, 4.69) is 69.3 Å². The number of benzene rings is 1. The lowest BCUT2D eigenvalue weighted by atomic mass is 9.97. The number of allylic oxidation sites excluding steroid dienone is 2. The third-order valence-corrected chi connectivity index (χ3v) is 5.59. The number of hydrogen-bond acceptors (Lipinski definition) is 5. The van der Waals surface area contributed by atoms with Crippen molar-refractivity contribution >= 4 is 11.0 Å². The highest BCUT2D eigenvalue weighted by Gasteiger charge is 2.22. The minimum atomic E-state index is 0.602. The first-order chi connectivity index (χ1) is 13.2. The molecule has 1 fully saturated rings. The first kappa shape index (κ1) is 18.0. The Morgan fingerprint density at radius 3 is 2.63 bits per heavy atom. The second-order valence-electron chi connectivity index (χ2n) is 7.54. The predicted molar refractivity (Wildman–Crippen MR) is 110 cm³/mol. The Bertz CT molecular complexity index is 849. The molecular weight excluding hydrogens is 334 g/mol. The van der Waals surface area contributed by atoms with Crippen LogP contribution in [0.2, 0.25) is 0 Å². The first-order valence-electron chi connectivity index (χ1n) is 10.1. The van der Waals surface area contributed by atoms with Crippen LogP contribution < -0.4 is 5.32 Å². The number of nitrogens with zero attached hydrogens (tertiary/aromatic N) is 4. The number of nitrogens with one attached hydrogen (secondary N) is 1. The minimum absolute atomic E-state index is 0.602. The molecule has 2 heterocycles. The number of rotatable bonds is 5. The number of likely N-dealkylation sites (N-methyl/N-ethyl adjacent to an activating group) is 1. The summed E-state index contributed by atoms with van der Waals surface area (Å²) in [4.78, 5) is 13.8. The third kappa shape index (κ3) is 4.14. The zero-order chi connectivity index (χ0) is 18.6. The van der Waals surface area contributed by atoms with Crippen molar-refractivity contribution in [3.63, 3.8) is 0 Å². The summed E-state index contributed by atoms with van der Waals surface area (Å²) in [5, 5.41) is 3.69. The van der Waals surface area contributed by atoms with Gasteiger partial charge in [0.15, 0.2) is 0 Å². The number of piperazine rings is 1. The molecule has 27 heavy (non-hydrogen) atoms. The summed E-state index contributed by atoms with van der Waals surface area (Å²) in [6.07, 6.45) is 9.40. The van der Waals surface area contributed by atoms with E-state index in [-0.39, 0.29) is 0 Å². The Hall–Kier alpha value is -2.40. The topological polar surface area (TPSA) is 44.3 Å². The van der Waals surface area contributed by atoms with Crippen molar-refractivity contribution in [3.05, 3.63) is 59.7 Å². The molecule has 0 radical (unpaired) electrons. The lowest BCUT2D eigenvalue weighted by Gasteiger charge is -2.39. The molecule has 1 unspecified atom stereocenters. The molecular formula is C22H29N5. The Morgan fingerprint density at radius 1 is 1.07 bits per heavy atom. The average molecular weight is 364 g/mol. The van der Waals surface area contributed by atoms with Gasteiger partial charge >= 0.3 is 0 Å². The van der Waals surface area contributed by atoms with Crippen LogP contribution in [0.25, 0.3) is 11.0 Å². The van der Waals surface area contributed by atoms with Crippen LogP contribution >= 0.6 is 0 Å². The van der Waals surface area contributed by atoms with Gasteiger partial charge in [0.1, 0.15) is 0 Å². The van der Waals surface area contributed by atoms with E-state index in [1.807, 2.05) is 0 Å². The molecule has 1 saturated heterocycles. The van der Waals surface area contributed by atoms with Crippen LogP contribution in [-0.2, 0) is 6.54 Å². The largest absolute Gasteiger partial charge is 0.380 e. The molecule has 0 amide bonds. The maximum atomic E-state index is 4.42. The number of hydrogen-bond donors (Lipinski definition) is 1. The van der Waals surface area contributed by atoms with Gasteiger partial charge in [0.2, 0.25) is 0 Å². The van der Waals surface area contributed by atoms with Gasteiger partial charge in [-0.1, -0.05) is 32.1 Å². The van der Waals surface area contributed by atoms with Crippen molar-refractivity contribution in [2.45, 2.75) is 26.8 Å². The van der Waals surface area contributed by atoms with Crippen molar-refractivity contribution in [1.82, 2.24) is 25.1 Å². The first-order valence-corrected chi connectivity index (χ1v) is 10.1. The van der Waals surface area contributed by atoms with Crippen molar-refractivity contribution in [3.8, 4) is 0 Å². The van der Waals surface area contributed by atoms with E-state index in [0.717, 1.165) is 56.7 Å². The van der Waals surface area contributed by atoms with E-state index in [1.54, 1.807) is 12.4 Å². The van der Waals surface area contributed by atoms with Gasteiger partial charge in [-0.05, 0) is 36.6 Å². The van der Waals surface area contributed by atoms with E-state index in [4.69, 9.17) is 0 Å². The molecule has 1 aliphatic heterocycles. The van der Waals surface area contributed by atoms with Gasteiger partial charge in [0, 0.05) is 45.1 Å². The molecule has 1 aliphatic carbocycles. The fourth-order valence-electron chi connectivity index (χ4n) is 3.90. The van der Waals surface area contributed by atoms with Crippen LogP contribution in [0.5, 0.6) is 0 Å². The van der Waals surface area contributed by atoms with Gasteiger partial charge < -0.3 is 15.1 Å². The third-order valence-electron chi connectivity index (χ3n) is 5.59. The van der Waals surface area contributed by atoms with E-state index >= 15 is 0 Å². The predicted octanol–water partition coefficient (Wildman–Crippen LogP) is 3.16. The summed E-state index contributed by atoms with van der Waals surface area (Å²) >= 11 is 0. The van der Waals surface area contributed by atoms with E-state index in [9.17, 15) is 0 Å². The van der Waals surface area contributed by atoms with Gasteiger partial charge in [-0.2, -0.15) is 0 Å². The summed E-state index contributed by atoms with van der Waals surface area (Å²) in [6.45, 7) is 11.0. The normalized spacial score (nSPS) is 21.1. The monoisotopic (exact) mass is 363 g/mol. The van der Waals surface area contributed by atoms with Crippen LogP contribution in [0.3, 0.4) is 0 Å². The zero-order valence-electron chi connectivity index (χ0n) is 16.4. The summed E-state index contributed by atoms with van der Waals surface area (Å²) in [5.41, 5.74) is 5.79. The molecule has 4 rings (SSSR count). The van der Waals surface area contributed by atoms with Crippen molar-refractivity contribution in [2.75, 3.05) is 32.7 Å². The molecule has 0 saturated carbocycles. The quantitative estimate of drug-likeness (QED) is 0.884. The maximum Gasteiger partial charge on any atom is 0.0890 e. The zero-order valence-corrected chi connectivity index (χ0v) is 16.4. The smallest absolute Gasteiger partial charge is 0.0890 e. The number of aromatic nitrogens is 2. The van der Waals surface area contributed by atoms with E-state index in [1.165, 1.54) is 17.0 Å². The van der Waals surface area contributed by atoms with Crippen LogP contribution in [0.1, 0.15) is 25.8 Å². The van der Waals surface area contributed by atoms with Gasteiger partial charge in [-0.25, -0.2) is 0 Å². The molecule has 1 N–H and O–H groups in total. The summed E-state index contributed by atoms with van der Waals surface area (Å²) in [7, 11) is 0. The minimum Gasteiger partial charge on any atom is -0.380 e. The average Bonchev–Trinajstić information content (AvgIpc) is 2.72. The Balaban J connectivity index is 1.45. The molecule has 5 nitrogen and oxygen atoms in total. The second kappa shape index (κ2) is 8.09. The van der Waals surface area contributed by atoms with Crippen LogP contribution in [-0.4, -0.2) is 52.5 Å². The highest BCUT2D eigenvalue weighted by molar-refractivity contribution is 5.74. The Kier molecular flexibility index (Phi) is 5.39. The maximum absolute atomic E-state index is 4.42. The van der Waals surface area contributed by atoms with E-state index in [0.29, 0.717) is 5.92 Å². The standard InChI is InChI=1S/C22H29N5/c1-3-26-10-12-27(13-11-26)22-14-17(2)4-6-20(22)25-16-18-5-7-19-21(15-18)24-9-8-23-19/h5-9,14-15,17,25H,3-4,10-13,16H2,1-2H3. The van der Waals surface area contributed by atoms with Crippen molar-refractivity contribution in [1.29, 1.82) is 0 Å². The van der Waals surface area contributed by atoms with Crippen LogP contribution in [0, 0.1) is 5.92 Å². The Labute approximate surface area is 161 Å². The SMILES string of the molecule is CCN1CCN(C2=CC(C)CC=C2NCc2ccc3nccnc3c2)CC1. The molecule has 5 heteroatoms. The lowest BCUT2D eigenvalue weighted by molar-refractivity contribution is 0.165. The fourth-order valence-corrected chi connectivity index (χ4v) is 3.90. The summed E-state index contributed by atoms with van der Waals surface area (Å²) in [6, 6.07) is 6.32. The number of fused-ring (bicyclic) bond motifs is 1. The lowest BCUT2D eigenvalue weighted by Crippen LogP contribution is -2.46. The molecule has 2 aromatic rings. The van der Waals surface area contributed by atoms with Gasteiger partial charge in [-0.15, -0.1) is 0 Å². The van der Waals surface area contributed by atoms with Crippen LogP contribution in [0.15, 0.2) is 54.1 Å². The van der Waals surface area contributed by atoms with E-state index < -0.39 is 0 Å². The van der Waals surface area contributed by atoms with Gasteiger partial charge in [-0.3, -0.25) is 9.97 Å². The summed E-state index contributed by atoms with van der Waals surface area (Å²) < 4.78 is 0. The Morgan fingerprint density at radius 2 is 1.85 bits per heavy atom. The fraction of sp³-hybridized carbons (Fsp3) is 0.455. The molecule has 142 valence electrons. The molecule has 1 aromatic heterocycles. The summed E-state index contributed by atoms with van der Waals surface area (Å²) in [5.74, 6) is 0.602. The van der Waals surface area contributed by atoms with Crippen molar-refractivity contribution in [2.24, 2.45) is 5.92 Å².